The molecular weight excluding hydrogens is 292 g/mol. The minimum absolute atomic E-state index is 0.821. The molecule has 0 spiro atoms. The van der Waals surface area contributed by atoms with Crippen molar-refractivity contribution in [1.29, 1.82) is 0 Å². The van der Waals surface area contributed by atoms with Crippen LogP contribution < -0.4 is 4.74 Å². The molecule has 18 heavy (non-hydrogen) atoms. The number of ether oxygens (including phenoxy) is 1. The molecule has 0 aliphatic rings. The first-order valence-corrected chi connectivity index (χ1v) is 6.35. The van der Waals surface area contributed by atoms with Crippen LogP contribution >= 0.6 is 15.9 Å². The van der Waals surface area contributed by atoms with Crippen LogP contribution in [0.3, 0.4) is 0 Å². The molecule has 0 atom stereocenters. The number of methoxy groups -OCH3 is 1. The van der Waals surface area contributed by atoms with E-state index in [0.717, 1.165) is 27.1 Å². The third kappa shape index (κ3) is 1.88. The summed E-state index contributed by atoms with van der Waals surface area (Å²) in [4.78, 5) is 4.59. The molecule has 0 saturated heterocycles. The van der Waals surface area contributed by atoms with Crippen molar-refractivity contribution in [3.63, 3.8) is 0 Å². The van der Waals surface area contributed by atoms with E-state index >= 15 is 0 Å². The van der Waals surface area contributed by atoms with E-state index in [1.54, 1.807) is 7.11 Å². The van der Waals surface area contributed by atoms with Crippen molar-refractivity contribution in [2.75, 3.05) is 7.11 Å². The Kier molecular flexibility index (Phi) is 2.80. The molecule has 3 aromatic rings. The van der Waals surface area contributed by atoms with Crippen LogP contribution in [0.5, 0.6) is 5.75 Å². The number of hydrogen-bond acceptors (Lipinski definition) is 2. The van der Waals surface area contributed by atoms with E-state index in [0.29, 0.717) is 0 Å². The third-order valence-corrected chi connectivity index (χ3v) is 3.29. The quantitative estimate of drug-likeness (QED) is 0.720. The first-order valence-electron chi connectivity index (χ1n) is 5.55. The van der Waals surface area contributed by atoms with Crippen molar-refractivity contribution in [1.82, 2.24) is 9.38 Å². The van der Waals surface area contributed by atoms with Gasteiger partial charge in [0, 0.05) is 22.4 Å². The van der Waals surface area contributed by atoms with Gasteiger partial charge in [0.05, 0.1) is 12.8 Å². The Bertz CT molecular complexity index is 673. The van der Waals surface area contributed by atoms with E-state index in [1.165, 1.54) is 0 Å². The summed E-state index contributed by atoms with van der Waals surface area (Å²) >= 11 is 3.48. The lowest BCUT2D eigenvalue weighted by molar-refractivity contribution is 0.416. The average Bonchev–Trinajstić information content (AvgIpc) is 2.82. The fraction of sp³-hybridized carbons (Fsp3) is 0.0714. The summed E-state index contributed by atoms with van der Waals surface area (Å²) in [5, 5.41) is 0. The van der Waals surface area contributed by atoms with E-state index in [9.17, 15) is 0 Å². The Hall–Kier alpha value is -1.81. The second-order valence-corrected chi connectivity index (χ2v) is 4.85. The van der Waals surface area contributed by atoms with Crippen molar-refractivity contribution in [3.05, 3.63) is 53.3 Å². The molecule has 90 valence electrons. The van der Waals surface area contributed by atoms with Crippen molar-refractivity contribution in [3.8, 4) is 17.0 Å². The molecule has 3 nitrogen and oxygen atoms in total. The largest absolute Gasteiger partial charge is 0.496 e. The Labute approximate surface area is 113 Å². The maximum Gasteiger partial charge on any atom is 0.137 e. The zero-order valence-corrected chi connectivity index (χ0v) is 11.4. The molecule has 0 saturated carbocycles. The van der Waals surface area contributed by atoms with Gasteiger partial charge in [0.2, 0.25) is 0 Å². The second kappa shape index (κ2) is 4.46. The van der Waals surface area contributed by atoms with E-state index in [-0.39, 0.29) is 0 Å². The van der Waals surface area contributed by atoms with Crippen molar-refractivity contribution >= 4 is 21.6 Å². The minimum atomic E-state index is 0.821. The van der Waals surface area contributed by atoms with Crippen LogP contribution in [0.4, 0.5) is 0 Å². The Morgan fingerprint density at radius 2 is 2.11 bits per heavy atom. The first kappa shape index (κ1) is 11.3. The van der Waals surface area contributed by atoms with Gasteiger partial charge in [-0.25, -0.2) is 4.98 Å². The highest BCUT2D eigenvalue weighted by Gasteiger charge is 2.10. The maximum absolute atomic E-state index is 5.38. The summed E-state index contributed by atoms with van der Waals surface area (Å²) in [7, 11) is 1.67. The van der Waals surface area contributed by atoms with Gasteiger partial charge in [0.25, 0.3) is 0 Å². The summed E-state index contributed by atoms with van der Waals surface area (Å²) in [5.74, 6) is 0.821. The van der Waals surface area contributed by atoms with Crippen molar-refractivity contribution in [2.45, 2.75) is 0 Å². The minimum Gasteiger partial charge on any atom is -0.496 e. The Balaban J connectivity index is 2.22. The van der Waals surface area contributed by atoms with E-state index in [2.05, 4.69) is 20.9 Å². The standard InChI is InChI=1S/C14H11BrN2O/c1-18-13-6-5-10(15)8-11(13)12-9-17-7-3-2-4-14(17)16-12/h2-9H,1H3. The fourth-order valence-electron chi connectivity index (χ4n) is 1.94. The second-order valence-electron chi connectivity index (χ2n) is 3.94. The van der Waals surface area contributed by atoms with Crippen LogP contribution in [-0.2, 0) is 0 Å². The highest BCUT2D eigenvalue weighted by Crippen LogP contribution is 2.32. The summed E-state index contributed by atoms with van der Waals surface area (Å²) in [6.45, 7) is 0. The lowest BCUT2D eigenvalue weighted by Crippen LogP contribution is -1.87. The summed E-state index contributed by atoms with van der Waals surface area (Å²) in [6, 6.07) is 11.8. The lowest BCUT2D eigenvalue weighted by atomic mass is 10.1. The first-order chi connectivity index (χ1) is 8.78. The number of fused-ring (bicyclic) bond motifs is 1. The molecule has 4 heteroatoms. The van der Waals surface area contributed by atoms with Crippen LogP contribution in [-0.4, -0.2) is 16.5 Å². The molecule has 0 unspecified atom stereocenters. The molecular formula is C14H11BrN2O. The molecule has 0 radical (unpaired) electrons. The number of pyridine rings is 1. The zero-order chi connectivity index (χ0) is 12.5. The van der Waals surface area contributed by atoms with Gasteiger partial charge in [-0.05, 0) is 30.3 Å². The summed E-state index contributed by atoms with van der Waals surface area (Å²) in [5.41, 5.74) is 2.81. The van der Waals surface area contributed by atoms with Crippen LogP contribution in [0.25, 0.3) is 16.9 Å². The molecule has 2 aromatic heterocycles. The number of hydrogen-bond donors (Lipinski definition) is 0. The Morgan fingerprint density at radius 3 is 2.89 bits per heavy atom. The van der Waals surface area contributed by atoms with Gasteiger partial charge in [-0.3, -0.25) is 0 Å². The molecule has 2 heterocycles. The van der Waals surface area contributed by atoms with E-state index in [1.807, 2.05) is 53.2 Å². The smallest absolute Gasteiger partial charge is 0.137 e. The van der Waals surface area contributed by atoms with E-state index in [4.69, 9.17) is 4.74 Å². The number of imidazole rings is 1. The summed E-state index contributed by atoms with van der Waals surface area (Å²) < 4.78 is 8.39. The van der Waals surface area contributed by atoms with Gasteiger partial charge in [0.1, 0.15) is 11.4 Å². The van der Waals surface area contributed by atoms with Crippen LogP contribution in [0, 0.1) is 0 Å². The summed E-state index contributed by atoms with van der Waals surface area (Å²) in [6.07, 6.45) is 3.98. The van der Waals surface area contributed by atoms with Crippen LogP contribution in [0.1, 0.15) is 0 Å². The average molecular weight is 303 g/mol. The maximum atomic E-state index is 5.38. The SMILES string of the molecule is COc1ccc(Br)cc1-c1cn2ccccc2n1. The number of nitrogens with zero attached hydrogens (tertiary/aromatic N) is 2. The number of rotatable bonds is 2. The number of aromatic nitrogens is 2. The monoisotopic (exact) mass is 302 g/mol. The number of benzene rings is 1. The van der Waals surface area contributed by atoms with Crippen LogP contribution in [0.15, 0.2) is 53.3 Å². The number of halogens is 1. The van der Waals surface area contributed by atoms with E-state index < -0.39 is 0 Å². The van der Waals surface area contributed by atoms with Crippen molar-refractivity contribution in [2.24, 2.45) is 0 Å². The molecule has 0 N–H and O–H groups in total. The van der Waals surface area contributed by atoms with Crippen LogP contribution in [0.2, 0.25) is 0 Å². The molecule has 3 rings (SSSR count). The molecule has 0 bridgehead atoms. The van der Waals surface area contributed by atoms with Gasteiger partial charge in [-0.1, -0.05) is 22.0 Å². The van der Waals surface area contributed by atoms with Gasteiger partial charge >= 0.3 is 0 Å². The van der Waals surface area contributed by atoms with Gasteiger partial charge in [-0.15, -0.1) is 0 Å². The molecule has 1 aromatic carbocycles. The Morgan fingerprint density at radius 1 is 1.22 bits per heavy atom. The molecule has 0 fully saturated rings. The predicted molar refractivity (Wildman–Crippen MR) is 74.9 cm³/mol. The lowest BCUT2D eigenvalue weighted by Gasteiger charge is -2.06. The molecule has 0 amide bonds. The predicted octanol–water partition coefficient (Wildman–Crippen LogP) is 3.77. The van der Waals surface area contributed by atoms with Gasteiger partial charge in [0.15, 0.2) is 0 Å². The topological polar surface area (TPSA) is 26.5 Å². The fourth-order valence-corrected chi connectivity index (χ4v) is 2.31. The normalized spacial score (nSPS) is 10.8. The highest BCUT2D eigenvalue weighted by molar-refractivity contribution is 9.10. The molecule has 0 aliphatic heterocycles. The van der Waals surface area contributed by atoms with Gasteiger partial charge < -0.3 is 9.14 Å². The molecule has 0 aliphatic carbocycles. The zero-order valence-electron chi connectivity index (χ0n) is 9.80. The van der Waals surface area contributed by atoms with Crippen molar-refractivity contribution < 1.29 is 4.74 Å². The highest BCUT2D eigenvalue weighted by atomic mass is 79.9. The van der Waals surface area contributed by atoms with Gasteiger partial charge in [-0.2, -0.15) is 0 Å². The third-order valence-electron chi connectivity index (χ3n) is 2.80.